The third-order valence-corrected chi connectivity index (χ3v) is 6.58. The standard InChI is InChI=1S/C18H22BrNO/c19-10-12-4-3-9-20(11-12)18(21)17-15-8-7-13-5-1-2-6-14(13)16(15)17/h1-2,5-6,12,15-17H,3-4,7-11H2. The lowest BCUT2D eigenvalue weighted by Crippen LogP contribution is -2.41. The molecule has 2 fully saturated rings. The Kier molecular flexibility index (Phi) is 3.56. The number of rotatable bonds is 2. The molecule has 1 aromatic rings. The molecule has 0 radical (unpaired) electrons. The van der Waals surface area contributed by atoms with E-state index in [1.807, 2.05) is 0 Å². The molecule has 112 valence electrons. The molecule has 1 aliphatic heterocycles. The number of aryl methyl sites for hydroxylation is 1. The summed E-state index contributed by atoms with van der Waals surface area (Å²) in [4.78, 5) is 15.1. The maximum absolute atomic E-state index is 12.9. The zero-order valence-electron chi connectivity index (χ0n) is 12.3. The Morgan fingerprint density at radius 2 is 2.14 bits per heavy atom. The number of carbonyl (C=O) groups excluding carboxylic acids is 1. The van der Waals surface area contributed by atoms with Gasteiger partial charge in [0, 0.05) is 24.3 Å². The molecule has 0 spiro atoms. The second-order valence-corrected chi connectivity index (χ2v) is 7.55. The van der Waals surface area contributed by atoms with Crippen LogP contribution in [0.15, 0.2) is 24.3 Å². The summed E-state index contributed by atoms with van der Waals surface area (Å²) >= 11 is 3.58. The first-order valence-corrected chi connectivity index (χ1v) is 9.34. The van der Waals surface area contributed by atoms with Crippen molar-refractivity contribution in [3.63, 3.8) is 0 Å². The molecule has 3 aliphatic rings. The molecular formula is C18H22BrNO. The van der Waals surface area contributed by atoms with E-state index in [1.54, 1.807) is 0 Å². The van der Waals surface area contributed by atoms with Gasteiger partial charge in [-0.25, -0.2) is 0 Å². The number of halogens is 1. The smallest absolute Gasteiger partial charge is 0.226 e. The predicted octanol–water partition coefficient (Wildman–Crippen LogP) is 3.60. The number of nitrogens with zero attached hydrogens (tertiary/aromatic N) is 1. The van der Waals surface area contributed by atoms with Crippen LogP contribution in [0.2, 0.25) is 0 Å². The van der Waals surface area contributed by atoms with Crippen LogP contribution >= 0.6 is 15.9 Å². The fraction of sp³-hybridized carbons (Fsp3) is 0.611. The van der Waals surface area contributed by atoms with E-state index in [0.29, 0.717) is 23.7 Å². The van der Waals surface area contributed by atoms with Gasteiger partial charge in [0.25, 0.3) is 0 Å². The Hall–Kier alpha value is -0.830. The zero-order valence-corrected chi connectivity index (χ0v) is 13.9. The van der Waals surface area contributed by atoms with Crippen molar-refractivity contribution in [3.05, 3.63) is 35.4 Å². The van der Waals surface area contributed by atoms with Crippen molar-refractivity contribution in [1.29, 1.82) is 0 Å². The molecule has 1 aromatic carbocycles. The van der Waals surface area contributed by atoms with Crippen LogP contribution in [0.5, 0.6) is 0 Å². The highest BCUT2D eigenvalue weighted by Gasteiger charge is 2.58. The lowest BCUT2D eigenvalue weighted by Gasteiger charge is -2.32. The minimum atomic E-state index is 0.280. The number of piperidine rings is 1. The van der Waals surface area contributed by atoms with Gasteiger partial charge < -0.3 is 4.90 Å². The van der Waals surface area contributed by atoms with Crippen LogP contribution in [0.3, 0.4) is 0 Å². The quantitative estimate of drug-likeness (QED) is 0.748. The second-order valence-electron chi connectivity index (χ2n) is 6.90. The monoisotopic (exact) mass is 347 g/mol. The van der Waals surface area contributed by atoms with Gasteiger partial charge >= 0.3 is 0 Å². The summed E-state index contributed by atoms with van der Waals surface area (Å²) in [6.45, 7) is 1.93. The first kappa shape index (κ1) is 13.8. The van der Waals surface area contributed by atoms with Crippen LogP contribution in [0.1, 0.15) is 36.3 Å². The molecule has 3 heteroatoms. The Morgan fingerprint density at radius 1 is 1.29 bits per heavy atom. The second kappa shape index (κ2) is 5.42. The highest BCUT2D eigenvalue weighted by atomic mass is 79.9. The average Bonchev–Trinajstić information content (AvgIpc) is 3.29. The van der Waals surface area contributed by atoms with Crippen LogP contribution in [-0.2, 0) is 11.2 Å². The van der Waals surface area contributed by atoms with E-state index < -0.39 is 0 Å². The van der Waals surface area contributed by atoms with Crippen molar-refractivity contribution in [2.75, 3.05) is 18.4 Å². The summed E-state index contributed by atoms with van der Waals surface area (Å²) in [6, 6.07) is 8.75. The van der Waals surface area contributed by atoms with Gasteiger partial charge in [-0.1, -0.05) is 40.2 Å². The predicted molar refractivity (Wildman–Crippen MR) is 87.6 cm³/mol. The molecule has 1 heterocycles. The maximum atomic E-state index is 12.9. The molecule has 0 bridgehead atoms. The number of likely N-dealkylation sites (tertiary alicyclic amines) is 1. The minimum Gasteiger partial charge on any atom is -0.342 e. The third kappa shape index (κ3) is 2.34. The highest BCUT2D eigenvalue weighted by Crippen LogP contribution is 2.60. The van der Waals surface area contributed by atoms with Crippen molar-refractivity contribution >= 4 is 21.8 Å². The van der Waals surface area contributed by atoms with Gasteiger partial charge in [0.15, 0.2) is 0 Å². The summed E-state index contributed by atoms with van der Waals surface area (Å²) in [7, 11) is 0. The van der Waals surface area contributed by atoms with Crippen LogP contribution < -0.4 is 0 Å². The maximum Gasteiger partial charge on any atom is 0.226 e. The molecule has 0 N–H and O–H groups in total. The van der Waals surface area contributed by atoms with E-state index in [4.69, 9.17) is 0 Å². The van der Waals surface area contributed by atoms with Crippen molar-refractivity contribution in [1.82, 2.24) is 4.90 Å². The lowest BCUT2D eigenvalue weighted by molar-refractivity contribution is -0.134. The van der Waals surface area contributed by atoms with E-state index in [-0.39, 0.29) is 5.92 Å². The van der Waals surface area contributed by atoms with Gasteiger partial charge in [0.1, 0.15) is 0 Å². The zero-order chi connectivity index (χ0) is 14.4. The van der Waals surface area contributed by atoms with Gasteiger partial charge in [-0.3, -0.25) is 4.79 Å². The van der Waals surface area contributed by atoms with Gasteiger partial charge in [0.2, 0.25) is 5.91 Å². The number of benzene rings is 1. The molecule has 4 unspecified atom stereocenters. The van der Waals surface area contributed by atoms with Crippen LogP contribution in [-0.4, -0.2) is 29.2 Å². The summed E-state index contributed by atoms with van der Waals surface area (Å²) in [5, 5.41) is 1.02. The molecule has 1 saturated heterocycles. The number of hydrogen-bond donors (Lipinski definition) is 0. The minimum absolute atomic E-state index is 0.280. The number of hydrogen-bond acceptors (Lipinski definition) is 1. The summed E-state index contributed by atoms with van der Waals surface area (Å²) in [6.07, 6.45) is 4.79. The fourth-order valence-electron chi connectivity index (χ4n) is 4.51. The van der Waals surface area contributed by atoms with Gasteiger partial charge in [-0.05, 0) is 54.6 Å². The van der Waals surface area contributed by atoms with E-state index in [9.17, 15) is 4.79 Å². The van der Waals surface area contributed by atoms with Crippen molar-refractivity contribution in [2.45, 2.75) is 31.6 Å². The van der Waals surface area contributed by atoms with Crippen molar-refractivity contribution in [3.8, 4) is 0 Å². The van der Waals surface area contributed by atoms with Crippen molar-refractivity contribution < 1.29 is 4.79 Å². The Balaban J connectivity index is 1.50. The SMILES string of the molecule is O=C(C1C2CCc3ccccc3C21)N1CCCC(CBr)C1. The molecule has 2 aliphatic carbocycles. The highest BCUT2D eigenvalue weighted by molar-refractivity contribution is 9.09. The lowest BCUT2D eigenvalue weighted by atomic mass is 9.92. The van der Waals surface area contributed by atoms with Crippen LogP contribution in [0, 0.1) is 17.8 Å². The number of carbonyl (C=O) groups is 1. The van der Waals surface area contributed by atoms with E-state index in [2.05, 4.69) is 45.1 Å². The van der Waals surface area contributed by atoms with E-state index >= 15 is 0 Å². The number of alkyl halides is 1. The van der Waals surface area contributed by atoms with Crippen LogP contribution in [0.25, 0.3) is 0 Å². The molecule has 21 heavy (non-hydrogen) atoms. The molecule has 4 rings (SSSR count). The van der Waals surface area contributed by atoms with Gasteiger partial charge in [-0.2, -0.15) is 0 Å². The fourth-order valence-corrected chi connectivity index (χ4v) is 5.03. The summed E-state index contributed by atoms with van der Waals surface area (Å²) in [5.74, 6) is 2.51. The van der Waals surface area contributed by atoms with Gasteiger partial charge in [-0.15, -0.1) is 0 Å². The number of fused-ring (bicyclic) bond motifs is 3. The number of amides is 1. The third-order valence-electron chi connectivity index (χ3n) is 5.66. The Bertz CT molecular complexity index is 558. The summed E-state index contributed by atoms with van der Waals surface area (Å²) in [5.41, 5.74) is 2.94. The Morgan fingerprint density at radius 3 is 3.00 bits per heavy atom. The normalized spacial score (nSPS) is 34.0. The molecule has 2 nitrogen and oxygen atoms in total. The molecule has 0 aromatic heterocycles. The van der Waals surface area contributed by atoms with E-state index in [1.165, 1.54) is 30.4 Å². The average molecular weight is 348 g/mol. The van der Waals surface area contributed by atoms with Gasteiger partial charge in [0.05, 0.1) is 0 Å². The molecular weight excluding hydrogens is 326 g/mol. The molecule has 1 saturated carbocycles. The van der Waals surface area contributed by atoms with Crippen LogP contribution in [0.4, 0.5) is 0 Å². The first-order valence-electron chi connectivity index (χ1n) is 8.22. The van der Waals surface area contributed by atoms with E-state index in [0.717, 1.165) is 24.8 Å². The first-order chi connectivity index (χ1) is 10.3. The molecule has 1 amide bonds. The topological polar surface area (TPSA) is 20.3 Å². The summed E-state index contributed by atoms with van der Waals surface area (Å²) < 4.78 is 0. The molecule has 4 atom stereocenters. The Labute approximate surface area is 135 Å². The van der Waals surface area contributed by atoms with Crippen molar-refractivity contribution in [2.24, 2.45) is 17.8 Å². The largest absolute Gasteiger partial charge is 0.342 e.